The number of hydrogen-bond donors (Lipinski definition) is 0. The molecule has 0 fully saturated rings. The number of nitrogens with zero attached hydrogens (tertiary/aromatic N) is 2. The fraction of sp³-hybridized carbons (Fsp3) is 0.273. The number of hydrogen-bond acceptors (Lipinski definition) is 2. The summed E-state index contributed by atoms with van der Waals surface area (Å²) in [6, 6.07) is 13.9. The van der Waals surface area contributed by atoms with E-state index < -0.39 is 0 Å². The second-order valence-electron chi connectivity index (χ2n) is 6.72. The van der Waals surface area contributed by atoms with Gasteiger partial charge in [0.25, 0.3) is 5.91 Å². The Morgan fingerprint density at radius 3 is 2.74 bits per heavy atom. The number of halogens is 1. The number of thiazole rings is 1. The third kappa shape index (κ3) is 4.57. The summed E-state index contributed by atoms with van der Waals surface area (Å²) in [6.07, 6.45) is 4.17. The summed E-state index contributed by atoms with van der Waals surface area (Å²) in [7, 11) is 0. The molecule has 3 nitrogen and oxygen atoms in total. The third-order valence-corrected chi connectivity index (χ3v) is 5.72. The van der Waals surface area contributed by atoms with Gasteiger partial charge in [-0.1, -0.05) is 68.0 Å². The van der Waals surface area contributed by atoms with Crippen molar-refractivity contribution < 1.29 is 4.79 Å². The van der Waals surface area contributed by atoms with E-state index in [9.17, 15) is 4.79 Å². The van der Waals surface area contributed by atoms with Crippen LogP contribution in [0, 0.1) is 0 Å². The second kappa shape index (κ2) is 8.68. The van der Waals surface area contributed by atoms with Crippen LogP contribution in [0.25, 0.3) is 16.3 Å². The van der Waals surface area contributed by atoms with Crippen LogP contribution in [0.4, 0.5) is 0 Å². The minimum atomic E-state index is -0.282. The van der Waals surface area contributed by atoms with Crippen molar-refractivity contribution in [3.05, 3.63) is 69.5 Å². The van der Waals surface area contributed by atoms with Gasteiger partial charge in [-0.05, 0) is 47.7 Å². The SMILES string of the molecule is CCCn1c(=NC(=O)/C=C/c2ccccc2Cl)sc2cc(C(C)C)ccc21. The molecule has 27 heavy (non-hydrogen) atoms. The molecular weight excluding hydrogens is 376 g/mol. The van der Waals surface area contributed by atoms with Crippen molar-refractivity contribution in [1.29, 1.82) is 0 Å². The van der Waals surface area contributed by atoms with Gasteiger partial charge >= 0.3 is 0 Å². The lowest BCUT2D eigenvalue weighted by atomic mass is 10.0. The zero-order valence-corrected chi connectivity index (χ0v) is 17.3. The number of benzene rings is 2. The molecule has 0 bridgehead atoms. The zero-order valence-electron chi connectivity index (χ0n) is 15.8. The van der Waals surface area contributed by atoms with Crippen LogP contribution in [0.5, 0.6) is 0 Å². The van der Waals surface area contributed by atoms with Gasteiger partial charge < -0.3 is 4.57 Å². The molecule has 5 heteroatoms. The first kappa shape index (κ1) is 19.6. The fourth-order valence-electron chi connectivity index (χ4n) is 2.88. The standard InChI is InChI=1S/C22H23ClN2OS/c1-4-13-25-19-11-9-17(15(2)3)14-20(19)27-22(25)24-21(26)12-10-16-7-5-6-8-18(16)23/h5-12,14-15H,4,13H2,1-3H3/b12-10+,24-22?. The van der Waals surface area contributed by atoms with Gasteiger partial charge in [-0.25, -0.2) is 0 Å². The van der Waals surface area contributed by atoms with E-state index in [4.69, 9.17) is 11.6 Å². The molecule has 3 aromatic rings. The van der Waals surface area contributed by atoms with Gasteiger partial charge in [-0.3, -0.25) is 4.79 Å². The molecule has 3 rings (SSSR count). The zero-order chi connectivity index (χ0) is 19.4. The Morgan fingerprint density at radius 2 is 2.04 bits per heavy atom. The topological polar surface area (TPSA) is 34.4 Å². The first-order valence-corrected chi connectivity index (χ1v) is 10.3. The van der Waals surface area contributed by atoms with Gasteiger partial charge in [-0.15, -0.1) is 0 Å². The minimum Gasteiger partial charge on any atom is -0.316 e. The molecule has 0 saturated heterocycles. The molecule has 0 radical (unpaired) electrons. The first-order valence-electron chi connectivity index (χ1n) is 9.14. The Kier molecular flexibility index (Phi) is 6.30. The van der Waals surface area contributed by atoms with E-state index in [1.54, 1.807) is 23.5 Å². The Hall–Kier alpha value is -2.17. The van der Waals surface area contributed by atoms with Crippen LogP contribution >= 0.6 is 22.9 Å². The first-order chi connectivity index (χ1) is 13.0. The highest BCUT2D eigenvalue weighted by atomic mass is 35.5. The van der Waals surface area contributed by atoms with Crippen LogP contribution in [-0.4, -0.2) is 10.5 Å². The van der Waals surface area contributed by atoms with Crippen molar-refractivity contribution in [2.45, 2.75) is 39.7 Å². The molecule has 0 N–H and O–H groups in total. The van der Waals surface area contributed by atoms with Crippen molar-refractivity contribution in [1.82, 2.24) is 4.57 Å². The highest BCUT2D eigenvalue weighted by Crippen LogP contribution is 2.24. The predicted molar refractivity (Wildman–Crippen MR) is 115 cm³/mol. The average Bonchev–Trinajstić information content (AvgIpc) is 2.98. The lowest BCUT2D eigenvalue weighted by Crippen LogP contribution is -2.16. The molecule has 0 saturated carbocycles. The summed E-state index contributed by atoms with van der Waals surface area (Å²) in [4.78, 5) is 17.5. The van der Waals surface area contributed by atoms with Crippen LogP contribution in [0.15, 0.2) is 53.5 Å². The maximum absolute atomic E-state index is 12.4. The van der Waals surface area contributed by atoms with E-state index in [2.05, 4.69) is 48.5 Å². The van der Waals surface area contributed by atoms with Gasteiger partial charge in [0, 0.05) is 17.6 Å². The number of carbonyl (C=O) groups is 1. The molecule has 0 atom stereocenters. The molecule has 0 aliphatic rings. The molecule has 2 aromatic carbocycles. The third-order valence-electron chi connectivity index (χ3n) is 4.34. The van der Waals surface area contributed by atoms with Crippen LogP contribution < -0.4 is 4.80 Å². The molecule has 1 amide bonds. The van der Waals surface area contributed by atoms with Gasteiger partial charge in [0.05, 0.1) is 10.2 Å². The Morgan fingerprint density at radius 1 is 1.26 bits per heavy atom. The number of aryl methyl sites for hydroxylation is 1. The quantitative estimate of drug-likeness (QED) is 0.483. The van der Waals surface area contributed by atoms with Crippen LogP contribution in [-0.2, 0) is 11.3 Å². The second-order valence-corrected chi connectivity index (χ2v) is 8.14. The number of rotatable bonds is 5. The highest BCUT2D eigenvalue weighted by Gasteiger charge is 2.09. The number of carbonyl (C=O) groups excluding carboxylic acids is 1. The summed E-state index contributed by atoms with van der Waals surface area (Å²) in [5, 5.41) is 0.616. The summed E-state index contributed by atoms with van der Waals surface area (Å²) in [6.45, 7) is 7.33. The number of amides is 1. The van der Waals surface area contributed by atoms with Crippen molar-refractivity contribution in [2.75, 3.05) is 0 Å². The van der Waals surface area contributed by atoms with Gasteiger partial charge in [0.2, 0.25) is 0 Å². The molecular formula is C22H23ClN2OS. The smallest absolute Gasteiger partial charge is 0.272 e. The van der Waals surface area contributed by atoms with Gasteiger partial charge in [0.15, 0.2) is 4.80 Å². The van der Waals surface area contributed by atoms with E-state index in [-0.39, 0.29) is 5.91 Å². The van der Waals surface area contributed by atoms with Crippen LogP contribution in [0.3, 0.4) is 0 Å². The normalized spacial score (nSPS) is 12.6. The van der Waals surface area contributed by atoms with Crippen LogP contribution in [0.2, 0.25) is 5.02 Å². The molecule has 0 aliphatic heterocycles. The van der Waals surface area contributed by atoms with E-state index >= 15 is 0 Å². The van der Waals surface area contributed by atoms with E-state index in [1.165, 1.54) is 11.6 Å². The maximum atomic E-state index is 12.4. The molecule has 140 valence electrons. The summed E-state index contributed by atoms with van der Waals surface area (Å²) < 4.78 is 3.29. The van der Waals surface area contributed by atoms with Crippen molar-refractivity contribution in [3.63, 3.8) is 0 Å². The molecule has 0 unspecified atom stereocenters. The Bertz CT molecular complexity index is 1060. The summed E-state index contributed by atoms with van der Waals surface area (Å²) in [5.74, 6) is 0.187. The lowest BCUT2D eigenvalue weighted by Gasteiger charge is -2.06. The molecule has 0 spiro atoms. The number of aromatic nitrogens is 1. The van der Waals surface area contributed by atoms with E-state index in [1.807, 2.05) is 18.2 Å². The summed E-state index contributed by atoms with van der Waals surface area (Å²) >= 11 is 7.70. The predicted octanol–water partition coefficient (Wildman–Crippen LogP) is 6.03. The monoisotopic (exact) mass is 398 g/mol. The van der Waals surface area contributed by atoms with Crippen molar-refractivity contribution in [3.8, 4) is 0 Å². The lowest BCUT2D eigenvalue weighted by molar-refractivity contribution is -0.113. The van der Waals surface area contributed by atoms with Crippen molar-refractivity contribution in [2.24, 2.45) is 4.99 Å². The number of fused-ring (bicyclic) bond motifs is 1. The maximum Gasteiger partial charge on any atom is 0.272 e. The molecule has 1 heterocycles. The van der Waals surface area contributed by atoms with Gasteiger partial charge in [-0.2, -0.15) is 4.99 Å². The van der Waals surface area contributed by atoms with Crippen LogP contribution in [0.1, 0.15) is 44.2 Å². The molecule has 0 aliphatic carbocycles. The van der Waals surface area contributed by atoms with E-state index in [0.717, 1.165) is 33.5 Å². The van der Waals surface area contributed by atoms with Crippen molar-refractivity contribution >= 4 is 45.1 Å². The minimum absolute atomic E-state index is 0.282. The average molecular weight is 399 g/mol. The summed E-state index contributed by atoms with van der Waals surface area (Å²) in [5.41, 5.74) is 3.24. The van der Waals surface area contributed by atoms with E-state index in [0.29, 0.717) is 10.9 Å². The van der Waals surface area contributed by atoms with Gasteiger partial charge in [0.1, 0.15) is 0 Å². The molecule has 1 aromatic heterocycles. The largest absolute Gasteiger partial charge is 0.316 e. The highest BCUT2D eigenvalue weighted by molar-refractivity contribution is 7.16. The fourth-order valence-corrected chi connectivity index (χ4v) is 4.19. The Labute approximate surface area is 168 Å². The Balaban J connectivity index is 1.99.